The summed E-state index contributed by atoms with van der Waals surface area (Å²) in [5, 5.41) is 10.8. The molecule has 0 amide bonds. The number of rotatable bonds is 4. The number of nitrogens with zero attached hydrogens (tertiary/aromatic N) is 2. The minimum Gasteiger partial charge on any atom is -0.439 e. The average Bonchev–Trinajstić information content (AvgIpc) is 2.42. The van der Waals surface area contributed by atoms with Gasteiger partial charge >= 0.3 is 0 Å². The molecule has 0 atom stereocenters. The molecule has 0 unspecified atom stereocenters. The fourth-order valence-corrected chi connectivity index (χ4v) is 1.77. The Morgan fingerprint density at radius 3 is 2.75 bits per heavy atom. The van der Waals surface area contributed by atoms with E-state index in [2.05, 4.69) is 26.3 Å². The Morgan fingerprint density at radius 2 is 2.15 bits per heavy atom. The summed E-state index contributed by atoms with van der Waals surface area (Å²) in [5.41, 5.74) is 3.09. The molecule has 0 aliphatic rings. The number of hydrogen-bond donors (Lipinski definition) is 2. The van der Waals surface area contributed by atoms with Crippen LogP contribution in [0.4, 0.5) is 11.5 Å². The zero-order valence-corrected chi connectivity index (χ0v) is 12.0. The van der Waals surface area contributed by atoms with Gasteiger partial charge in [0.1, 0.15) is 5.75 Å². The first-order valence-electron chi connectivity index (χ1n) is 5.56. The molecule has 0 aliphatic carbocycles. The maximum Gasteiger partial charge on any atom is 0.278 e. The molecule has 0 saturated carbocycles. The number of anilines is 1. The number of benzene rings is 1. The SMILES string of the molecule is Cc1cc(Oc2cc([N+](=O)[O-])cc(NN)n2)ccc1Br. The molecular formula is C12H11BrN4O3. The van der Waals surface area contributed by atoms with Gasteiger partial charge in [-0.15, -0.1) is 0 Å². The number of aromatic nitrogens is 1. The highest BCUT2D eigenvalue weighted by atomic mass is 79.9. The van der Waals surface area contributed by atoms with Gasteiger partial charge in [-0.2, -0.15) is 4.98 Å². The van der Waals surface area contributed by atoms with Crippen LogP contribution in [0.15, 0.2) is 34.8 Å². The topological polar surface area (TPSA) is 103 Å². The van der Waals surface area contributed by atoms with E-state index < -0.39 is 4.92 Å². The van der Waals surface area contributed by atoms with Crippen molar-refractivity contribution >= 4 is 27.4 Å². The van der Waals surface area contributed by atoms with Crippen molar-refractivity contribution in [2.24, 2.45) is 5.84 Å². The van der Waals surface area contributed by atoms with Gasteiger partial charge in [0.05, 0.1) is 17.1 Å². The van der Waals surface area contributed by atoms with Gasteiger partial charge in [0, 0.05) is 4.47 Å². The van der Waals surface area contributed by atoms with Crippen molar-refractivity contribution in [1.29, 1.82) is 0 Å². The highest BCUT2D eigenvalue weighted by Crippen LogP contribution is 2.28. The third-order valence-electron chi connectivity index (χ3n) is 2.50. The number of nitrogens with one attached hydrogen (secondary N) is 1. The summed E-state index contributed by atoms with van der Waals surface area (Å²) in [6, 6.07) is 7.80. The number of pyridine rings is 1. The van der Waals surface area contributed by atoms with Crippen LogP contribution in [0.25, 0.3) is 0 Å². The van der Waals surface area contributed by atoms with Crippen molar-refractivity contribution < 1.29 is 9.66 Å². The molecule has 0 radical (unpaired) electrons. The lowest BCUT2D eigenvalue weighted by atomic mass is 10.2. The number of halogens is 1. The zero-order valence-electron chi connectivity index (χ0n) is 10.5. The van der Waals surface area contributed by atoms with Gasteiger partial charge in [0.25, 0.3) is 5.69 Å². The van der Waals surface area contributed by atoms with Gasteiger partial charge in [-0.3, -0.25) is 10.1 Å². The third-order valence-corrected chi connectivity index (χ3v) is 3.39. The number of nitro groups is 1. The first-order chi connectivity index (χ1) is 9.49. The van der Waals surface area contributed by atoms with E-state index in [1.807, 2.05) is 13.0 Å². The van der Waals surface area contributed by atoms with Crippen molar-refractivity contribution in [3.8, 4) is 11.6 Å². The summed E-state index contributed by atoms with van der Waals surface area (Å²) in [6.45, 7) is 1.91. The maximum atomic E-state index is 10.8. The Bertz CT molecular complexity index is 663. The normalized spacial score (nSPS) is 10.2. The standard InChI is InChI=1S/C12H11BrN4O3/c1-7-4-9(2-3-10(7)13)20-12-6-8(17(18)19)5-11(15-12)16-14/h2-6H,14H2,1H3,(H,15,16). The highest BCUT2D eigenvalue weighted by molar-refractivity contribution is 9.10. The average molecular weight is 339 g/mol. The Kier molecular flexibility index (Phi) is 4.16. The molecule has 2 aromatic rings. The van der Waals surface area contributed by atoms with Crippen molar-refractivity contribution in [2.45, 2.75) is 6.92 Å². The molecule has 1 aromatic heterocycles. The summed E-state index contributed by atoms with van der Waals surface area (Å²) >= 11 is 3.38. The van der Waals surface area contributed by atoms with Crippen molar-refractivity contribution in [3.63, 3.8) is 0 Å². The van der Waals surface area contributed by atoms with Crippen LogP contribution in [0.1, 0.15) is 5.56 Å². The van der Waals surface area contributed by atoms with Crippen molar-refractivity contribution in [1.82, 2.24) is 4.98 Å². The minimum absolute atomic E-state index is 0.0915. The summed E-state index contributed by atoms with van der Waals surface area (Å²) in [6.07, 6.45) is 0. The van der Waals surface area contributed by atoms with Gasteiger partial charge in [-0.05, 0) is 30.7 Å². The van der Waals surface area contributed by atoms with E-state index in [1.54, 1.807) is 12.1 Å². The van der Waals surface area contributed by atoms with E-state index in [0.717, 1.165) is 10.0 Å². The van der Waals surface area contributed by atoms with Gasteiger partial charge < -0.3 is 10.2 Å². The number of aryl methyl sites for hydroxylation is 1. The van der Waals surface area contributed by atoms with E-state index in [9.17, 15) is 10.1 Å². The number of nitrogen functional groups attached to an aromatic ring is 1. The largest absolute Gasteiger partial charge is 0.439 e. The summed E-state index contributed by atoms with van der Waals surface area (Å²) in [5.74, 6) is 6.00. The van der Waals surface area contributed by atoms with Crippen LogP contribution in [0.3, 0.4) is 0 Å². The van der Waals surface area contributed by atoms with E-state index in [4.69, 9.17) is 10.6 Å². The van der Waals surface area contributed by atoms with Crippen molar-refractivity contribution in [2.75, 3.05) is 5.43 Å². The van der Waals surface area contributed by atoms with E-state index in [1.165, 1.54) is 12.1 Å². The second-order valence-electron chi connectivity index (χ2n) is 3.96. The molecule has 1 aromatic carbocycles. The molecule has 0 aliphatic heterocycles. The molecular weight excluding hydrogens is 328 g/mol. The molecule has 8 heteroatoms. The molecule has 0 saturated heterocycles. The number of ether oxygens (including phenoxy) is 1. The molecule has 20 heavy (non-hydrogen) atoms. The quantitative estimate of drug-likeness (QED) is 0.504. The first kappa shape index (κ1) is 14.2. The molecule has 2 rings (SSSR count). The van der Waals surface area contributed by atoms with E-state index >= 15 is 0 Å². The zero-order chi connectivity index (χ0) is 14.7. The molecule has 0 spiro atoms. The molecule has 0 fully saturated rings. The van der Waals surface area contributed by atoms with E-state index in [-0.39, 0.29) is 17.4 Å². The van der Waals surface area contributed by atoms with Gasteiger partial charge in [0.2, 0.25) is 5.88 Å². The van der Waals surface area contributed by atoms with Crippen LogP contribution in [0.2, 0.25) is 0 Å². The van der Waals surface area contributed by atoms with Crippen molar-refractivity contribution in [3.05, 3.63) is 50.5 Å². The second kappa shape index (κ2) is 5.85. The van der Waals surface area contributed by atoms with E-state index in [0.29, 0.717) is 5.75 Å². The molecule has 104 valence electrons. The summed E-state index contributed by atoms with van der Waals surface area (Å²) in [4.78, 5) is 14.3. The number of hydrazine groups is 1. The van der Waals surface area contributed by atoms with Gasteiger partial charge in [-0.25, -0.2) is 5.84 Å². The lowest BCUT2D eigenvalue weighted by Gasteiger charge is -2.08. The second-order valence-corrected chi connectivity index (χ2v) is 4.82. The number of hydrogen-bond acceptors (Lipinski definition) is 6. The Balaban J connectivity index is 2.34. The van der Waals surface area contributed by atoms with Crippen LogP contribution >= 0.6 is 15.9 Å². The highest BCUT2D eigenvalue weighted by Gasteiger charge is 2.12. The first-order valence-corrected chi connectivity index (χ1v) is 6.36. The minimum atomic E-state index is -0.539. The van der Waals surface area contributed by atoms with Gasteiger partial charge in [0.15, 0.2) is 5.82 Å². The van der Waals surface area contributed by atoms with Crippen LogP contribution in [0, 0.1) is 17.0 Å². The van der Waals surface area contributed by atoms with Crippen LogP contribution in [0.5, 0.6) is 11.6 Å². The Hall–Kier alpha value is -2.19. The van der Waals surface area contributed by atoms with Crippen LogP contribution in [-0.2, 0) is 0 Å². The summed E-state index contributed by atoms with van der Waals surface area (Å²) in [7, 11) is 0. The Morgan fingerprint density at radius 1 is 1.40 bits per heavy atom. The number of nitrogens with two attached hydrogens (primary N) is 1. The maximum absolute atomic E-state index is 10.8. The molecule has 7 nitrogen and oxygen atoms in total. The summed E-state index contributed by atoms with van der Waals surface area (Å²) < 4.78 is 6.46. The smallest absolute Gasteiger partial charge is 0.278 e. The fourth-order valence-electron chi connectivity index (χ4n) is 1.52. The fraction of sp³-hybridized carbons (Fsp3) is 0.0833. The lowest BCUT2D eigenvalue weighted by Crippen LogP contribution is -2.09. The predicted molar refractivity (Wildman–Crippen MR) is 77.7 cm³/mol. The van der Waals surface area contributed by atoms with Crippen LogP contribution in [-0.4, -0.2) is 9.91 Å². The monoisotopic (exact) mass is 338 g/mol. The molecule has 3 N–H and O–H groups in total. The predicted octanol–water partition coefficient (Wildman–Crippen LogP) is 3.14. The van der Waals surface area contributed by atoms with Crippen LogP contribution < -0.4 is 16.0 Å². The third kappa shape index (κ3) is 3.22. The lowest BCUT2D eigenvalue weighted by molar-refractivity contribution is -0.384. The van der Waals surface area contributed by atoms with Gasteiger partial charge in [-0.1, -0.05) is 15.9 Å². The Labute approximate surface area is 123 Å². The molecule has 1 heterocycles. The molecule has 0 bridgehead atoms.